The van der Waals surface area contributed by atoms with Crippen molar-refractivity contribution in [1.82, 2.24) is 4.98 Å². The van der Waals surface area contributed by atoms with Crippen LogP contribution in [-0.2, 0) is 4.79 Å². The number of aromatic nitrogens is 1. The van der Waals surface area contributed by atoms with Crippen LogP contribution in [-0.4, -0.2) is 23.2 Å². The molecule has 1 N–H and O–H groups in total. The fourth-order valence-electron chi connectivity index (χ4n) is 1.67. The number of benzene rings is 1. The topological polar surface area (TPSA) is 59.4 Å². The van der Waals surface area contributed by atoms with E-state index in [9.17, 15) is 9.90 Å². The minimum atomic E-state index is -0.970. The minimum absolute atomic E-state index is 0.230. The number of carboxylic acids is 1. The van der Waals surface area contributed by atoms with Gasteiger partial charge in [-0.3, -0.25) is 4.98 Å². The van der Waals surface area contributed by atoms with E-state index in [1.54, 1.807) is 62.0 Å². The molecule has 0 bridgehead atoms. The Bertz CT molecular complexity index is 589. The lowest BCUT2D eigenvalue weighted by atomic mass is 10.0. The quantitative estimate of drug-likeness (QED) is 0.853. The number of hydrogen-bond donors (Lipinski definition) is 1. The molecule has 0 radical (unpaired) electrons. The lowest BCUT2D eigenvalue weighted by Crippen LogP contribution is -1.99. The average molecular weight is 255 g/mol. The largest absolute Gasteiger partial charge is 0.497 e. The van der Waals surface area contributed by atoms with Gasteiger partial charge >= 0.3 is 5.97 Å². The van der Waals surface area contributed by atoms with Crippen molar-refractivity contribution >= 4 is 17.6 Å². The third kappa shape index (κ3) is 3.19. The van der Waals surface area contributed by atoms with Gasteiger partial charge in [0.15, 0.2) is 0 Å². The second-order valence-electron chi connectivity index (χ2n) is 3.87. The van der Waals surface area contributed by atoms with Crippen LogP contribution in [0.15, 0.2) is 48.8 Å². The maximum atomic E-state index is 11.3. The van der Waals surface area contributed by atoms with Gasteiger partial charge in [0, 0.05) is 12.4 Å². The summed E-state index contributed by atoms with van der Waals surface area (Å²) in [4.78, 5) is 15.2. The standard InChI is InChI=1S/C15H13NO3/c1-19-13-4-2-12(3-5-13)14(15(17)18)10-11-6-8-16-9-7-11/h2-10H,1H3,(H,17,18)/b14-10-. The van der Waals surface area contributed by atoms with E-state index in [0.717, 1.165) is 5.56 Å². The number of hydrogen-bond acceptors (Lipinski definition) is 3. The van der Waals surface area contributed by atoms with Crippen molar-refractivity contribution in [3.8, 4) is 5.75 Å². The molecule has 0 saturated carbocycles. The number of ether oxygens (including phenoxy) is 1. The second kappa shape index (κ2) is 5.82. The molecule has 0 unspecified atom stereocenters. The molecule has 1 aromatic heterocycles. The molecule has 2 aromatic rings. The highest BCUT2D eigenvalue weighted by Crippen LogP contribution is 2.21. The summed E-state index contributed by atoms with van der Waals surface area (Å²) in [6, 6.07) is 10.4. The molecule has 2 rings (SSSR count). The monoisotopic (exact) mass is 255 g/mol. The lowest BCUT2D eigenvalue weighted by molar-refractivity contribution is -0.130. The normalized spacial score (nSPS) is 11.1. The number of pyridine rings is 1. The Hall–Kier alpha value is -2.62. The van der Waals surface area contributed by atoms with Crippen molar-refractivity contribution in [2.75, 3.05) is 7.11 Å². The molecule has 4 heteroatoms. The molecule has 96 valence electrons. The zero-order valence-corrected chi connectivity index (χ0v) is 10.4. The van der Waals surface area contributed by atoms with Gasteiger partial charge < -0.3 is 9.84 Å². The number of carboxylic acid groups (broad SMARTS) is 1. The van der Waals surface area contributed by atoms with Crippen LogP contribution in [0.4, 0.5) is 0 Å². The summed E-state index contributed by atoms with van der Waals surface area (Å²) >= 11 is 0. The highest BCUT2D eigenvalue weighted by atomic mass is 16.5. The van der Waals surface area contributed by atoms with Gasteiger partial charge in [-0.1, -0.05) is 12.1 Å². The smallest absolute Gasteiger partial charge is 0.336 e. The van der Waals surface area contributed by atoms with E-state index in [4.69, 9.17) is 4.74 Å². The first-order chi connectivity index (χ1) is 9.20. The molecular formula is C15H13NO3. The molecule has 0 fully saturated rings. The second-order valence-corrected chi connectivity index (χ2v) is 3.87. The maximum Gasteiger partial charge on any atom is 0.336 e. The van der Waals surface area contributed by atoms with Gasteiger partial charge in [-0.15, -0.1) is 0 Å². The molecule has 0 amide bonds. The highest BCUT2D eigenvalue weighted by molar-refractivity contribution is 6.20. The number of rotatable bonds is 4. The number of carbonyl (C=O) groups is 1. The number of nitrogens with zero attached hydrogens (tertiary/aromatic N) is 1. The van der Waals surface area contributed by atoms with Crippen molar-refractivity contribution in [2.45, 2.75) is 0 Å². The molecule has 0 aliphatic heterocycles. The Kier molecular flexibility index (Phi) is 3.93. The fourth-order valence-corrected chi connectivity index (χ4v) is 1.67. The molecule has 19 heavy (non-hydrogen) atoms. The first-order valence-electron chi connectivity index (χ1n) is 5.70. The minimum Gasteiger partial charge on any atom is -0.497 e. The molecular weight excluding hydrogens is 242 g/mol. The van der Waals surface area contributed by atoms with Crippen LogP contribution < -0.4 is 4.74 Å². The summed E-state index contributed by atoms with van der Waals surface area (Å²) < 4.78 is 5.05. The molecule has 1 heterocycles. The Labute approximate surface area is 111 Å². The number of aliphatic carboxylic acids is 1. The predicted octanol–water partition coefficient (Wildman–Crippen LogP) is 2.72. The van der Waals surface area contributed by atoms with Crippen LogP contribution in [0, 0.1) is 0 Å². The fraction of sp³-hybridized carbons (Fsp3) is 0.0667. The zero-order chi connectivity index (χ0) is 13.7. The van der Waals surface area contributed by atoms with E-state index in [2.05, 4.69) is 4.98 Å². The van der Waals surface area contributed by atoms with E-state index < -0.39 is 5.97 Å². The van der Waals surface area contributed by atoms with Crippen molar-refractivity contribution in [3.05, 3.63) is 59.9 Å². The van der Waals surface area contributed by atoms with Gasteiger partial charge in [0.2, 0.25) is 0 Å². The Morgan fingerprint density at radius 2 is 1.79 bits per heavy atom. The van der Waals surface area contributed by atoms with Gasteiger partial charge in [0.1, 0.15) is 5.75 Å². The van der Waals surface area contributed by atoms with Crippen molar-refractivity contribution in [1.29, 1.82) is 0 Å². The van der Waals surface area contributed by atoms with E-state index in [1.165, 1.54) is 0 Å². The van der Waals surface area contributed by atoms with E-state index in [1.807, 2.05) is 0 Å². The van der Waals surface area contributed by atoms with Crippen molar-refractivity contribution in [2.24, 2.45) is 0 Å². The SMILES string of the molecule is COc1ccc(/C(=C/c2ccncc2)C(=O)O)cc1. The summed E-state index contributed by atoms with van der Waals surface area (Å²) in [5.41, 5.74) is 1.65. The highest BCUT2D eigenvalue weighted by Gasteiger charge is 2.10. The summed E-state index contributed by atoms with van der Waals surface area (Å²) in [7, 11) is 1.57. The Balaban J connectivity index is 2.40. The van der Waals surface area contributed by atoms with E-state index in [-0.39, 0.29) is 5.57 Å². The van der Waals surface area contributed by atoms with Crippen LogP contribution in [0.2, 0.25) is 0 Å². The predicted molar refractivity (Wildman–Crippen MR) is 72.7 cm³/mol. The summed E-state index contributed by atoms with van der Waals surface area (Å²) in [5.74, 6) is -0.278. The molecule has 1 aromatic carbocycles. The third-order valence-electron chi connectivity index (χ3n) is 2.65. The Morgan fingerprint density at radius 3 is 2.32 bits per heavy atom. The molecule has 0 spiro atoms. The van der Waals surface area contributed by atoms with Gasteiger partial charge in [-0.2, -0.15) is 0 Å². The molecule has 0 aliphatic rings. The number of methoxy groups -OCH3 is 1. The lowest BCUT2D eigenvalue weighted by Gasteiger charge is -2.05. The van der Waals surface area contributed by atoms with Gasteiger partial charge in [-0.25, -0.2) is 4.79 Å². The van der Waals surface area contributed by atoms with E-state index in [0.29, 0.717) is 11.3 Å². The Morgan fingerprint density at radius 1 is 1.16 bits per heavy atom. The molecule has 0 atom stereocenters. The van der Waals surface area contributed by atoms with Gasteiger partial charge in [0.25, 0.3) is 0 Å². The first-order valence-corrected chi connectivity index (χ1v) is 5.70. The summed E-state index contributed by atoms with van der Waals surface area (Å²) in [6.07, 6.45) is 4.87. The van der Waals surface area contributed by atoms with E-state index >= 15 is 0 Å². The van der Waals surface area contributed by atoms with Crippen LogP contribution in [0.5, 0.6) is 5.75 Å². The van der Waals surface area contributed by atoms with Crippen LogP contribution in [0.1, 0.15) is 11.1 Å². The summed E-state index contributed by atoms with van der Waals surface area (Å²) in [6.45, 7) is 0. The zero-order valence-electron chi connectivity index (χ0n) is 10.4. The van der Waals surface area contributed by atoms with Crippen molar-refractivity contribution < 1.29 is 14.6 Å². The van der Waals surface area contributed by atoms with Crippen LogP contribution >= 0.6 is 0 Å². The first kappa shape index (κ1) is 12.8. The van der Waals surface area contributed by atoms with Crippen LogP contribution in [0.25, 0.3) is 11.6 Å². The average Bonchev–Trinajstić information content (AvgIpc) is 2.46. The van der Waals surface area contributed by atoms with Crippen molar-refractivity contribution in [3.63, 3.8) is 0 Å². The molecule has 4 nitrogen and oxygen atoms in total. The van der Waals surface area contributed by atoms with Gasteiger partial charge in [-0.05, 0) is 41.5 Å². The third-order valence-corrected chi connectivity index (χ3v) is 2.65. The maximum absolute atomic E-state index is 11.3. The van der Waals surface area contributed by atoms with Gasteiger partial charge in [0.05, 0.1) is 12.7 Å². The summed E-state index contributed by atoms with van der Waals surface area (Å²) in [5, 5.41) is 9.30. The molecule has 0 saturated heterocycles. The molecule has 0 aliphatic carbocycles. The van der Waals surface area contributed by atoms with Crippen LogP contribution in [0.3, 0.4) is 0 Å².